The third-order valence-electron chi connectivity index (χ3n) is 3.07. The molecule has 0 radical (unpaired) electrons. The second-order valence-electron chi connectivity index (χ2n) is 4.38. The van der Waals surface area contributed by atoms with Gasteiger partial charge in [-0.15, -0.1) is 11.8 Å². The Morgan fingerprint density at radius 1 is 1.53 bits per heavy atom. The first kappa shape index (κ1) is 12.9. The Morgan fingerprint density at radius 2 is 2.42 bits per heavy atom. The van der Waals surface area contributed by atoms with Crippen molar-refractivity contribution in [2.24, 2.45) is 4.99 Å². The number of nitrogens with one attached hydrogen (secondary N) is 1. The molecule has 6 heteroatoms. The van der Waals surface area contributed by atoms with E-state index in [2.05, 4.69) is 22.1 Å². The molecule has 0 saturated carbocycles. The van der Waals surface area contributed by atoms with Gasteiger partial charge in [0.15, 0.2) is 0 Å². The summed E-state index contributed by atoms with van der Waals surface area (Å²) in [6.45, 7) is 2.91. The highest BCUT2D eigenvalue weighted by Crippen LogP contribution is 2.44. The predicted molar refractivity (Wildman–Crippen MR) is 81.4 cm³/mol. The van der Waals surface area contributed by atoms with E-state index in [4.69, 9.17) is 0 Å². The third-order valence-corrected chi connectivity index (χ3v) is 6.36. The van der Waals surface area contributed by atoms with Gasteiger partial charge >= 0.3 is 0 Å². The summed E-state index contributed by atoms with van der Waals surface area (Å²) in [4.78, 5) is 5.24. The summed E-state index contributed by atoms with van der Waals surface area (Å²) in [6, 6.07) is 1.89. The quantitative estimate of drug-likeness (QED) is 0.928. The fraction of sp³-hybridized carbons (Fsp3) is 0.385. The van der Waals surface area contributed by atoms with Crippen LogP contribution in [0.2, 0.25) is 0 Å². The van der Waals surface area contributed by atoms with Crippen molar-refractivity contribution in [3.63, 3.8) is 0 Å². The molecule has 19 heavy (non-hydrogen) atoms. The Bertz CT molecular complexity index is 599. The van der Waals surface area contributed by atoms with Crippen LogP contribution in [0.25, 0.3) is 4.91 Å². The van der Waals surface area contributed by atoms with Crippen LogP contribution < -0.4 is 0 Å². The predicted octanol–water partition coefficient (Wildman–Crippen LogP) is 2.71. The van der Waals surface area contributed by atoms with Crippen LogP contribution in [0.4, 0.5) is 0 Å². The molecule has 0 saturated heterocycles. The van der Waals surface area contributed by atoms with E-state index in [1.54, 1.807) is 18.0 Å². The average molecular weight is 293 g/mol. The maximum absolute atomic E-state index is 12.7. The fourth-order valence-electron chi connectivity index (χ4n) is 2.23. The van der Waals surface area contributed by atoms with Crippen molar-refractivity contribution in [2.45, 2.75) is 19.8 Å². The van der Waals surface area contributed by atoms with Gasteiger partial charge in [-0.1, -0.05) is 6.92 Å². The molecule has 0 spiro atoms. The number of hydrogen-bond acceptors (Lipinski definition) is 4. The molecule has 0 aliphatic carbocycles. The van der Waals surface area contributed by atoms with Crippen molar-refractivity contribution in [3.8, 4) is 0 Å². The Kier molecular flexibility index (Phi) is 3.70. The minimum atomic E-state index is -1.09. The van der Waals surface area contributed by atoms with Gasteiger partial charge in [0.2, 0.25) is 0 Å². The largest absolute Gasteiger partial charge is 0.292 e. The average Bonchev–Trinajstić information content (AvgIpc) is 3.02. The number of aromatic nitrogens is 2. The molecule has 3 rings (SSSR count). The molecule has 1 atom stereocenters. The summed E-state index contributed by atoms with van der Waals surface area (Å²) in [6.07, 6.45) is 5.53. The molecule has 3 heterocycles. The second kappa shape index (κ2) is 5.46. The van der Waals surface area contributed by atoms with E-state index in [1.165, 1.54) is 5.57 Å². The van der Waals surface area contributed by atoms with Crippen LogP contribution in [-0.2, 0) is 10.8 Å². The molecule has 2 aliphatic heterocycles. The van der Waals surface area contributed by atoms with Crippen LogP contribution in [0, 0.1) is 0 Å². The minimum absolute atomic E-state index is 0.777. The molecule has 0 amide bonds. The minimum Gasteiger partial charge on any atom is -0.292 e. The molecule has 0 bridgehead atoms. The van der Waals surface area contributed by atoms with Crippen molar-refractivity contribution in [2.75, 3.05) is 12.3 Å². The van der Waals surface area contributed by atoms with Crippen molar-refractivity contribution >= 4 is 33.7 Å². The Balaban J connectivity index is 2.05. The lowest BCUT2D eigenvalue weighted by Gasteiger charge is -2.09. The lowest BCUT2D eigenvalue weighted by molar-refractivity contribution is 0.693. The Morgan fingerprint density at radius 3 is 3.16 bits per heavy atom. The molecule has 4 nitrogen and oxygen atoms in total. The highest BCUT2D eigenvalue weighted by molar-refractivity contribution is 8.19. The first-order chi connectivity index (χ1) is 9.33. The smallest absolute Gasteiger partial charge is 0.0946 e. The first-order valence-corrected chi connectivity index (χ1v) is 8.48. The summed E-state index contributed by atoms with van der Waals surface area (Å²) in [5, 5.41) is 6.91. The molecular formula is C13H15N3OS2. The van der Waals surface area contributed by atoms with E-state index < -0.39 is 10.8 Å². The van der Waals surface area contributed by atoms with Crippen LogP contribution >= 0.6 is 11.8 Å². The first-order valence-electron chi connectivity index (χ1n) is 6.35. The maximum Gasteiger partial charge on any atom is 0.0946 e. The molecule has 2 aliphatic rings. The van der Waals surface area contributed by atoms with E-state index in [0.29, 0.717) is 0 Å². The van der Waals surface area contributed by atoms with Crippen molar-refractivity contribution in [1.82, 2.24) is 10.2 Å². The van der Waals surface area contributed by atoms with Crippen molar-refractivity contribution < 1.29 is 4.21 Å². The van der Waals surface area contributed by atoms with Gasteiger partial charge in [0.1, 0.15) is 0 Å². The lowest BCUT2D eigenvalue weighted by Crippen LogP contribution is -2.01. The zero-order valence-corrected chi connectivity index (χ0v) is 12.3. The molecule has 1 aromatic rings. The zero-order chi connectivity index (χ0) is 13.2. The van der Waals surface area contributed by atoms with Gasteiger partial charge in [-0.25, -0.2) is 4.21 Å². The van der Waals surface area contributed by atoms with Gasteiger partial charge in [-0.05, 0) is 30.2 Å². The van der Waals surface area contributed by atoms with Gasteiger partial charge < -0.3 is 0 Å². The number of hydrogen-bond donors (Lipinski definition) is 1. The van der Waals surface area contributed by atoms with Gasteiger partial charge in [0.05, 0.1) is 25.6 Å². The van der Waals surface area contributed by atoms with Gasteiger partial charge in [-0.2, -0.15) is 5.10 Å². The van der Waals surface area contributed by atoms with E-state index in [9.17, 15) is 4.21 Å². The lowest BCUT2D eigenvalue weighted by atomic mass is 10.0. The highest BCUT2D eigenvalue weighted by atomic mass is 32.2. The van der Waals surface area contributed by atoms with Crippen LogP contribution in [0.1, 0.15) is 25.5 Å². The van der Waals surface area contributed by atoms with Crippen LogP contribution in [0.5, 0.6) is 0 Å². The number of thioether (sulfide) groups is 1. The number of rotatable bonds is 4. The summed E-state index contributed by atoms with van der Waals surface area (Å²) < 4.78 is 13.7. The molecular weight excluding hydrogens is 278 g/mol. The Hall–Kier alpha value is -1.14. The SMILES string of the molecule is CCCSC1=C2C=NCCC2=C(c2ccn[nH]2)S1=O. The van der Waals surface area contributed by atoms with E-state index in [1.807, 2.05) is 12.3 Å². The standard InChI is InChI=1S/C13H15N3OS2/c1-2-7-18-13-10-8-14-5-3-9(10)12(19(13)17)11-4-6-15-16-11/h4,6,8H,2-3,5,7H2,1H3,(H,15,16). The summed E-state index contributed by atoms with van der Waals surface area (Å²) in [5.41, 5.74) is 3.12. The van der Waals surface area contributed by atoms with E-state index in [0.717, 1.165) is 45.5 Å². The highest BCUT2D eigenvalue weighted by Gasteiger charge is 2.33. The normalized spacial score (nSPS) is 22.3. The van der Waals surface area contributed by atoms with Gasteiger partial charge in [0, 0.05) is 24.5 Å². The molecule has 1 N–H and O–H groups in total. The molecule has 0 aromatic carbocycles. The monoisotopic (exact) mass is 293 g/mol. The second-order valence-corrected chi connectivity index (χ2v) is 7.10. The third kappa shape index (κ3) is 2.23. The van der Waals surface area contributed by atoms with Crippen molar-refractivity contribution in [3.05, 3.63) is 33.3 Å². The number of nitrogens with zero attached hydrogens (tertiary/aromatic N) is 2. The van der Waals surface area contributed by atoms with Crippen LogP contribution in [0.15, 0.2) is 32.6 Å². The number of H-pyrrole nitrogens is 1. The summed E-state index contributed by atoms with van der Waals surface area (Å²) in [5.74, 6) is 0.988. The van der Waals surface area contributed by atoms with Gasteiger partial charge in [-0.3, -0.25) is 10.1 Å². The van der Waals surface area contributed by atoms with Crippen LogP contribution in [-0.4, -0.2) is 32.9 Å². The van der Waals surface area contributed by atoms with E-state index >= 15 is 0 Å². The number of aromatic amines is 1. The Labute approximate surface area is 118 Å². The van der Waals surface area contributed by atoms with Gasteiger partial charge in [0.25, 0.3) is 0 Å². The number of aliphatic imine (C=N–C) groups is 1. The van der Waals surface area contributed by atoms with E-state index in [-0.39, 0.29) is 0 Å². The zero-order valence-electron chi connectivity index (χ0n) is 10.7. The topological polar surface area (TPSA) is 58.1 Å². The fourth-order valence-corrected chi connectivity index (χ4v) is 5.19. The molecule has 1 unspecified atom stereocenters. The molecule has 1 aromatic heterocycles. The molecule has 100 valence electrons. The summed E-state index contributed by atoms with van der Waals surface area (Å²) >= 11 is 1.69. The van der Waals surface area contributed by atoms with Crippen LogP contribution in [0.3, 0.4) is 0 Å². The summed E-state index contributed by atoms with van der Waals surface area (Å²) in [7, 11) is -1.09. The number of fused-ring (bicyclic) bond motifs is 1. The maximum atomic E-state index is 12.7. The van der Waals surface area contributed by atoms with Crippen molar-refractivity contribution in [1.29, 1.82) is 0 Å². The molecule has 0 fully saturated rings. The number of allylic oxidation sites excluding steroid dienone is 1.